The Labute approximate surface area is 212 Å². The Hall–Kier alpha value is -2.12. The average Bonchev–Trinajstić information content (AvgIpc) is 3.22. The van der Waals surface area contributed by atoms with Crippen LogP contribution in [-0.4, -0.2) is 65.4 Å². The van der Waals surface area contributed by atoms with Crippen LogP contribution in [0, 0.1) is 11.7 Å². The highest BCUT2D eigenvalue weighted by molar-refractivity contribution is 6.30. The highest BCUT2D eigenvalue weighted by atomic mass is 35.5. The van der Waals surface area contributed by atoms with Gasteiger partial charge in [0.1, 0.15) is 11.6 Å². The zero-order valence-corrected chi connectivity index (χ0v) is 21.2. The normalized spacial score (nSPS) is 20.5. The van der Waals surface area contributed by atoms with Crippen LogP contribution >= 0.6 is 11.6 Å². The number of nitrogens with zero attached hydrogens (tertiary/aromatic N) is 3. The first-order valence-corrected chi connectivity index (χ1v) is 13.1. The summed E-state index contributed by atoms with van der Waals surface area (Å²) >= 11 is 5.95. The molecule has 1 aromatic heterocycles. The van der Waals surface area contributed by atoms with Crippen molar-refractivity contribution in [2.24, 2.45) is 5.92 Å². The SMILES string of the molecule is COc1ccc2c(c1)c(CN1CCC(N3CCCC(CO)C3)CC1)cn2Cc1ccc(Cl)cc1F. The molecule has 0 aliphatic carbocycles. The predicted octanol–water partition coefficient (Wildman–Crippen LogP) is 5.16. The zero-order chi connectivity index (χ0) is 24.4. The van der Waals surface area contributed by atoms with Gasteiger partial charge in [-0.05, 0) is 87.1 Å². The Balaban J connectivity index is 1.32. The van der Waals surface area contributed by atoms with Crippen LogP contribution in [-0.2, 0) is 13.1 Å². The molecule has 0 radical (unpaired) electrons. The van der Waals surface area contributed by atoms with Gasteiger partial charge < -0.3 is 14.4 Å². The second kappa shape index (κ2) is 10.9. The van der Waals surface area contributed by atoms with E-state index in [4.69, 9.17) is 16.3 Å². The molecular formula is C28H35ClFN3O2. The van der Waals surface area contributed by atoms with E-state index in [1.807, 2.05) is 6.07 Å². The minimum Gasteiger partial charge on any atom is -0.497 e. The number of methoxy groups -OCH3 is 1. The van der Waals surface area contributed by atoms with Gasteiger partial charge in [0, 0.05) is 53.4 Å². The topological polar surface area (TPSA) is 40.9 Å². The van der Waals surface area contributed by atoms with E-state index in [0.29, 0.717) is 35.7 Å². The van der Waals surface area contributed by atoms with Gasteiger partial charge in [0.25, 0.3) is 0 Å². The lowest BCUT2D eigenvalue weighted by molar-refractivity contribution is 0.0527. The molecule has 2 aromatic carbocycles. The van der Waals surface area contributed by atoms with Crippen LogP contribution in [0.1, 0.15) is 36.8 Å². The van der Waals surface area contributed by atoms with E-state index in [9.17, 15) is 9.50 Å². The zero-order valence-electron chi connectivity index (χ0n) is 20.4. The molecular weight excluding hydrogens is 465 g/mol. The van der Waals surface area contributed by atoms with Crippen LogP contribution in [0.4, 0.5) is 4.39 Å². The van der Waals surface area contributed by atoms with Crippen LogP contribution in [0.15, 0.2) is 42.6 Å². The summed E-state index contributed by atoms with van der Waals surface area (Å²) in [6, 6.07) is 11.6. The number of benzene rings is 2. The van der Waals surface area contributed by atoms with Crippen molar-refractivity contribution in [2.75, 3.05) is 39.9 Å². The van der Waals surface area contributed by atoms with E-state index < -0.39 is 0 Å². The van der Waals surface area contributed by atoms with Gasteiger partial charge >= 0.3 is 0 Å². The van der Waals surface area contributed by atoms with Gasteiger partial charge in [-0.25, -0.2) is 4.39 Å². The molecule has 0 bridgehead atoms. The molecule has 0 amide bonds. The third-order valence-corrected chi connectivity index (χ3v) is 8.04. The van der Waals surface area contributed by atoms with Gasteiger partial charge in [-0.2, -0.15) is 0 Å². The molecule has 3 aromatic rings. The molecule has 2 aliphatic rings. The van der Waals surface area contributed by atoms with Gasteiger partial charge in [-0.1, -0.05) is 17.7 Å². The number of fused-ring (bicyclic) bond motifs is 1. The third-order valence-electron chi connectivity index (χ3n) is 7.80. The second-order valence-electron chi connectivity index (χ2n) is 10.1. The van der Waals surface area contributed by atoms with Gasteiger partial charge in [0.05, 0.1) is 13.7 Å². The number of hydrogen-bond donors (Lipinski definition) is 1. The van der Waals surface area contributed by atoms with Crippen LogP contribution in [0.25, 0.3) is 10.9 Å². The number of halogens is 2. The molecule has 0 saturated carbocycles. The molecule has 188 valence electrons. The summed E-state index contributed by atoms with van der Waals surface area (Å²) in [5.41, 5.74) is 2.94. The minimum atomic E-state index is -0.280. The molecule has 3 heterocycles. The minimum absolute atomic E-state index is 0.280. The van der Waals surface area contributed by atoms with Crippen LogP contribution < -0.4 is 4.74 Å². The molecule has 2 aliphatic heterocycles. The third kappa shape index (κ3) is 5.51. The lowest BCUT2D eigenvalue weighted by atomic mass is 9.94. The number of piperidine rings is 2. The van der Waals surface area contributed by atoms with E-state index in [0.717, 1.165) is 68.6 Å². The van der Waals surface area contributed by atoms with Gasteiger partial charge in [0.15, 0.2) is 0 Å². The molecule has 1 atom stereocenters. The number of aliphatic hydroxyl groups excluding tert-OH is 1. The fourth-order valence-corrected chi connectivity index (χ4v) is 5.99. The second-order valence-corrected chi connectivity index (χ2v) is 10.5. The molecule has 7 heteroatoms. The molecule has 5 nitrogen and oxygen atoms in total. The fourth-order valence-electron chi connectivity index (χ4n) is 5.83. The lowest BCUT2D eigenvalue weighted by Crippen LogP contribution is -2.48. The Morgan fingerprint density at radius 3 is 2.60 bits per heavy atom. The average molecular weight is 500 g/mol. The molecule has 2 saturated heterocycles. The van der Waals surface area contributed by atoms with Gasteiger partial charge in [-0.3, -0.25) is 9.80 Å². The first-order valence-electron chi connectivity index (χ1n) is 12.7. The fraction of sp³-hybridized carbons (Fsp3) is 0.500. The summed E-state index contributed by atoms with van der Waals surface area (Å²) in [6.07, 6.45) is 6.84. The van der Waals surface area contributed by atoms with Crippen molar-refractivity contribution in [1.82, 2.24) is 14.4 Å². The van der Waals surface area contributed by atoms with Crippen molar-refractivity contribution >= 4 is 22.5 Å². The lowest BCUT2D eigenvalue weighted by Gasteiger charge is -2.42. The van der Waals surface area contributed by atoms with Crippen molar-refractivity contribution in [1.29, 1.82) is 0 Å². The Bertz CT molecular complexity index is 1160. The number of likely N-dealkylation sites (tertiary alicyclic amines) is 2. The largest absolute Gasteiger partial charge is 0.497 e. The first kappa shape index (κ1) is 24.6. The van der Waals surface area contributed by atoms with E-state index in [-0.39, 0.29) is 5.82 Å². The Morgan fingerprint density at radius 1 is 1.03 bits per heavy atom. The summed E-state index contributed by atoms with van der Waals surface area (Å²) in [5.74, 6) is 0.988. The van der Waals surface area contributed by atoms with Crippen molar-refractivity contribution in [2.45, 2.75) is 44.8 Å². The van der Waals surface area contributed by atoms with Crippen molar-refractivity contribution in [3.63, 3.8) is 0 Å². The molecule has 5 rings (SSSR count). The highest BCUT2D eigenvalue weighted by Crippen LogP contribution is 2.30. The summed E-state index contributed by atoms with van der Waals surface area (Å²) in [5, 5.41) is 11.2. The summed E-state index contributed by atoms with van der Waals surface area (Å²) in [7, 11) is 1.69. The quantitative estimate of drug-likeness (QED) is 0.487. The maximum absolute atomic E-state index is 14.5. The molecule has 0 spiro atoms. The molecule has 35 heavy (non-hydrogen) atoms. The smallest absolute Gasteiger partial charge is 0.129 e. The van der Waals surface area contributed by atoms with E-state index >= 15 is 0 Å². The number of rotatable bonds is 7. The van der Waals surface area contributed by atoms with Crippen molar-refractivity contribution < 1.29 is 14.2 Å². The number of aromatic nitrogens is 1. The van der Waals surface area contributed by atoms with Crippen LogP contribution in [0.5, 0.6) is 5.75 Å². The van der Waals surface area contributed by atoms with Gasteiger partial charge in [0.2, 0.25) is 0 Å². The molecule has 2 fully saturated rings. The standard InChI is InChI=1S/C28H35ClFN3O2/c1-35-25-6-7-28-26(14-25)22(18-33(28)17-21-4-5-23(29)13-27(21)30)16-31-11-8-24(9-12-31)32-10-2-3-20(15-32)19-34/h4-7,13-14,18,20,24,34H,2-3,8-12,15-17,19H2,1H3. The molecule has 1 unspecified atom stereocenters. The Kier molecular flexibility index (Phi) is 7.63. The highest BCUT2D eigenvalue weighted by Gasteiger charge is 2.29. The predicted molar refractivity (Wildman–Crippen MR) is 139 cm³/mol. The Morgan fingerprint density at radius 2 is 1.86 bits per heavy atom. The first-order chi connectivity index (χ1) is 17.0. The van der Waals surface area contributed by atoms with Crippen LogP contribution in [0.2, 0.25) is 5.02 Å². The van der Waals surface area contributed by atoms with Crippen molar-refractivity contribution in [3.8, 4) is 5.75 Å². The monoisotopic (exact) mass is 499 g/mol. The van der Waals surface area contributed by atoms with E-state index in [2.05, 4.69) is 32.7 Å². The van der Waals surface area contributed by atoms with E-state index in [1.54, 1.807) is 19.2 Å². The van der Waals surface area contributed by atoms with Crippen LogP contribution in [0.3, 0.4) is 0 Å². The van der Waals surface area contributed by atoms with Crippen molar-refractivity contribution in [3.05, 3.63) is 64.6 Å². The maximum Gasteiger partial charge on any atom is 0.129 e. The number of aliphatic hydroxyl groups is 1. The number of ether oxygens (including phenoxy) is 1. The summed E-state index contributed by atoms with van der Waals surface area (Å²) in [4.78, 5) is 5.14. The summed E-state index contributed by atoms with van der Waals surface area (Å²) < 4.78 is 22.2. The maximum atomic E-state index is 14.5. The van der Waals surface area contributed by atoms with E-state index in [1.165, 1.54) is 18.1 Å². The number of hydrogen-bond acceptors (Lipinski definition) is 4. The summed E-state index contributed by atoms with van der Waals surface area (Å²) in [6.45, 7) is 5.95. The molecule has 1 N–H and O–H groups in total. The van der Waals surface area contributed by atoms with Gasteiger partial charge in [-0.15, -0.1) is 0 Å².